The van der Waals surface area contributed by atoms with Gasteiger partial charge in [-0.25, -0.2) is 0 Å². The number of nitrogens with zero attached hydrogens (tertiary/aromatic N) is 1. The van der Waals surface area contributed by atoms with Crippen molar-refractivity contribution in [2.45, 2.75) is 52.1 Å². The summed E-state index contributed by atoms with van der Waals surface area (Å²) in [6.45, 7) is 12.9. The van der Waals surface area contributed by atoms with Gasteiger partial charge < -0.3 is 5.32 Å². The molecule has 0 saturated carbocycles. The monoisotopic (exact) mass is 184 g/mol. The summed E-state index contributed by atoms with van der Waals surface area (Å²) in [5.41, 5.74) is 0.325. The normalized spacial score (nSPS) is 26.8. The van der Waals surface area contributed by atoms with Crippen molar-refractivity contribution >= 4 is 0 Å². The Morgan fingerprint density at radius 1 is 1.46 bits per heavy atom. The van der Waals surface area contributed by atoms with E-state index in [0.29, 0.717) is 5.54 Å². The second-order valence-electron chi connectivity index (χ2n) is 4.79. The first-order valence-electron chi connectivity index (χ1n) is 5.55. The zero-order chi connectivity index (χ0) is 9.90. The maximum absolute atomic E-state index is 3.50. The van der Waals surface area contributed by atoms with Gasteiger partial charge in [-0.2, -0.15) is 0 Å². The van der Waals surface area contributed by atoms with Crippen molar-refractivity contribution in [2.75, 3.05) is 19.6 Å². The van der Waals surface area contributed by atoms with Crippen molar-refractivity contribution in [3.8, 4) is 0 Å². The molecular formula is C11H24N2. The number of rotatable bonds is 2. The van der Waals surface area contributed by atoms with E-state index in [1.54, 1.807) is 0 Å². The lowest BCUT2D eigenvalue weighted by atomic mass is 10.00. The zero-order valence-electron chi connectivity index (χ0n) is 9.56. The number of hydrogen-bond acceptors (Lipinski definition) is 2. The van der Waals surface area contributed by atoms with E-state index < -0.39 is 0 Å². The van der Waals surface area contributed by atoms with Crippen LogP contribution in [0.4, 0.5) is 0 Å². The van der Waals surface area contributed by atoms with Crippen LogP contribution in [-0.4, -0.2) is 36.1 Å². The minimum atomic E-state index is 0.325. The van der Waals surface area contributed by atoms with Crippen molar-refractivity contribution < 1.29 is 0 Å². The van der Waals surface area contributed by atoms with Crippen LogP contribution in [-0.2, 0) is 0 Å². The number of nitrogens with one attached hydrogen (secondary N) is 1. The van der Waals surface area contributed by atoms with Crippen LogP contribution in [0.15, 0.2) is 0 Å². The summed E-state index contributed by atoms with van der Waals surface area (Å²) < 4.78 is 0. The highest BCUT2D eigenvalue weighted by Crippen LogP contribution is 2.20. The van der Waals surface area contributed by atoms with E-state index in [1.807, 2.05) is 0 Å². The molecule has 1 atom stereocenters. The Morgan fingerprint density at radius 2 is 2.15 bits per heavy atom. The molecule has 1 heterocycles. The first kappa shape index (κ1) is 11.0. The molecular weight excluding hydrogens is 160 g/mol. The molecule has 0 spiro atoms. The van der Waals surface area contributed by atoms with Gasteiger partial charge in [0.25, 0.3) is 0 Å². The molecule has 0 amide bonds. The third-order valence-corrected chi connectivity index (χ3v) is 3.21. The van der Waals surface area contributed by atoms with E-state index >= 15 is 0 Å². The van der Waals surface area contributed by atoms with Crippen LogP contribution in [0, 0.1) is 0 Å². The van der Waals surface area contributed by atoms with Crippen LogP contribution in [0.5, 0.6) is 0 Å². The minimum Gasteiger partial charge on any atom is -0.315 e. The molecule has 78 valence electrons. The van der Waals surface area contributed by atoms with Gasteiger partial charge in [0.15, 0.2) is 0 Å². The zero-order valence-corrected chi connectivity index (χ0v) is 9.56. The fraction of sp³-hybridized carbons (Fsp3) is 1.00. The maximum atomic E-state index is 3.50. The largest absolute Gasteiger partial charge is 0.315 e. The van der Waals surface area contributed by atoms with Gasteiger partial charge in [0.1, 0.15) is 0 Å². The summed E-state index contributed by atoms with van der Waals surface area (Å²) in [5.74, 6) is 0. The molecule has 0 radical (unpaired) electrons. The molecule has 0 aromatic carbocycles. The molecule has 1 unspecified atom stereocenters. The van der Waals surface area contributed by atoms with E-state index in [9.17, 15) is 0 Å². The summed E-state index contributed by atoms with van der Waals surface area (Å²) in [6, 6.07) is 0.718. The Hall–Kier alpha value is -0.0800. The summed E-state index contributed by atoms with van der Waals surface area (Å²) in [4.78, 5) is 2.65. The maximum Gasteiger partial charge on any atom is 0.0280 e. The van der Waals surface area contributed by atoms with Crippen LogP contribution in [0.1, 0.15) is 40.5 Å². The lowest BCUT2D eigenvalue weighted by molar-refractivity contribution is 0.0860. The van der Waals surface area contributed by atoms with E-state index in [4.69, 9.17) is 0 Å². The molecule has 2 nitrogen and oxygen atoms in total. The highest BCUT2D eigenvalue weighted by atomic mass is 15.2. The van der Waals surface area contributed by atoms with Gasteiger partial charge in [0.2, 0.25) is 0 Å². The smallest absolute Gasteiger partial charge is 0.0280 e. The molecule has 0 aromatic heterocycles. The molecule has 1 N–H and O–H groups in total. The Bertz CT molecular complexity index is 154. The number of hydrogen-bond donors (Lipinski definition) is 1. The minimum absolute atomic E-state index is 0.325. The van der Waals surface area contributed by atoms with Crippen molar-refractivity contribution in [1.82, 2.24) is 10.2 Å². The van der Waals surface area contributed by atoms with E-state index in [1.165, 1.54) is 25.9 Å². The summed E-state index contributed by atoms with van der Waals surface area (Å²) in [5, 5.41) is 3.50. The second kappa shape index (κ2) is 4.43. The van der Waals surface area contributed by atoms with Gasteiger partial charge in [0.05, 0.1) is 0 Å². The van der Waals surface area contributed by atoms with Crippen molar-refractivity contribution in [1.29, 1.82) is 0 Å². The Kier molecular flexibility index (Phi) is 3.74. The molecule has 2 heteroatoms. The van der Waals surface area contributed by atoms with E-state index in [0.717, 1.165) is 12.6 Å². The van der Waals surface area contributed by atoms with Gasteiger partial charge in [-0.15, -0.1) is 0 Å². The molecule has 1 aliphatic rings. The quantitative estimate of drug-likeness (QED) is 0.704. The van der Waals surface area contributed by atoms with Gasteiger partial charge in [-0.05, 0) is 40.2 Å². The third-order valence-electron chi connectivity index (χ3n) is 3.21. The molecule has 0 aromatic rings. The SMILES string of the molecule is CCC(C)N1CCCNCC1(C)C. The molecule has 0 aliphatic carbocycles. The lowest BCUT2D eigenvalue weighted by Gasteiger charge is -2.41. The highest BCUT2D eigenvalue weighted by Gasteiger charge is 2.30. The van der Waals surface area contributed by atoms with Crippen LogP contribution in [0.2, 0.25) is 0 Å². The fourth-order valence-corrected chi connectivity index (χ4v) is 2.21. The molecule has 1 fully saturated rings. The topological polar surface area (TPSA) is 15.3 Å². The van der Waals surface area contributed by atoms with Gasteiger partial charge in [0, 0.05) is 24.7 Å². The Morgan fingerprint density at radius 3 is 2.77 bits per heavy atom. The van der Waals surface area contributed by atoms with Gasteiger partial charge in [-0.3, -0.25) is 4.90 Å². The Balaban J connectivity index is 2.65. The van der Waals surface area contributed by atoms with Crippen LogP contribution < -0.4 is 5.32 Å². The van der Waals surface area contributed by atoms with E-state index in [-0.39, 0.29) is 0 Å². The summed E-state index contributed by atoms with van der Waals surface area (Å²) >= 11 is 0. The van der Waals surface area contributed by atoms with Crippen LogP contribution >= 0.6 is 0 Å². The van der Waals surface area contributed by atoms with E-state index in [2.05, 4.69) is 37.9 Å². The summed E-state index contributed by atoms with van der Waals surface area (Å²) in [7, 11) is 0. The molecule has 13 heavy (non-hydrogen) atoms. The van der Waals surface area contributed by atoms with Gasteiger partial charge >= 0.3 is 0 Å². The first-order valence-corrected chi connectivity index (χ1v) is 5.55. The highest BCUT2D eigenvalue weighted by molar-refractivity contribution is 4.88. The molecule has 1 saturated heterocycles. The van der Waals surface area contributed by atoms with Crippen molar-refractivity contribution in [3.05, 3.63) is 0 Å². The van der Waals surface area contributed by atoms with Crippen molar-refractivity contribution in [2.24, 2.45) is 0 Å². The predicted octanol–water partition coefficient (Wildman–Crippen LogP) is 1.86. The van der Waals surface area contributed by atoms with Crippen LogP contribution in [0.25, 0.3) is 0 Å². The third kappa shape index (κ3) is 2.68. The van der Waals surface area contributed by atoms with Crippen molar-refractivity contribution in [3.63, 3.8) is 0 Å². The predicted molar refractivity (Wildman–Crippen MR) is 58.0 cm³/mol. The first-order chi connectivity index (χ1) is 6.08. The second-order valence-corrected chi connectivity index (χ2v) is 4.79. The molecule has 0 bridgehead atoms. The van der Waals surface area contributed by atoms with Crippen LogP contribution in [0.3, 0.4) is 0 Å². The standard InChI is InChI=1S/C11H24N2/c1-5-10(2)13-8-6-7-12-9-11(13,3)4/h10,12H,5-9H2,1-4H3. The summed E-state index contributed by atoms with van der Waals surface area (Å²) in [6.07, 6.45) is 2.54. The van der Waals surface area contributed by atoms with Gasteiger partial charge in [-0.1, -0.05) is 6.92 Å². The fourth-order valence-electron chi connectivity index (χ4n) is 2.21. The average molecular weight is 184 g/mol. The Labute approximate surface area is 82.7 Å². The molecule has 1 aliphatic heterocycles. The lowest BCUT2D eigenvalue weighted by Crippen LogP contribution is -2.52. The average Bonchev–Trinajstić information content (AvgIpc) is 2.25. The molecule has 1 rings (SSSR count).